The van der Waals surface area contributed by atoms with E-state index in [9.17, 15) is 0 Å². The number of rotatable bonds is 4. The van der Waals surface area contributed by atoms with Crippen LogP contribution in [0.5, 0.6) is 11.5 Å². The molecule has 104 valence electrons. The number of benzene rings is 1. The van der Waals surface area contributed by atoms with Crippen LogP contribution in [0.1, 0.15) is 23.9 Å². The van der Waals surface area contributed by atoms with Crippen molar-refractivity contribution in [3.05, 3.63) is 51.8 Å². The molecule has 1 aromatic heterocycles. The second-order valence-corrected chi connectivity index (χ2v) is 5.32. The molecule has 0 radical (unpaired) electrons. The van der Waals surface area contributed by atoms with Crippen LogP contribution in [0.3, 0.4) is 0 Å². The highest BCUT2D eigenvalue weighted by Crippen LogP contribution is 2.30. The number of aromatic nitrogens is 1. The number of pyridine rings is 1. The lowest BCUT2D eigenvalue weighted by Crippen LogP contribution is -2.12. The zero-order valence-corrected chi connectivity index (χ0v) is 13.0. The number of hydrogen-bond acceptors (Lipinski definition) is 3. The molecule has 4 nitrogen and oxygen atoms in total. The lowest BCUT2D eigenvalue weighted by atomic mass is 10.2. The fourth-order valence-electron chi connectivity index (χ4n) is 1.87. The minimum absolute atomic E-state index is 0.0226. The van der Waals surface area contributed by atoms with Gasteiger partial charge in [0.05, 0.1) is 11.3 Å². The van der Waals surface area contributed by atoms with Crippen LogP contribution in [0.15, 0.2) is 34.8 Å². The molecule has 0 unspecified atom stereocenters. The number of aryl methyl sites for hydroxylation is 2. The van der Waals surface area contributed by atoms with Gasteiger partial charge in [0.15, 0.2) is 0 Å². The minimum Gasteiger partial charge on any atom is -0.455 e. The summed E-state index contributed by atoms with van der Waals surface area (Å²) in [5, 5.41) is 7.61. The normalized spacial score (nSPS) is 10.3. The van der Waals surface area contributed by atoms with Crippen molar-refractivity contribution in [2.45, 2.75) is 20.3 Å². The van der Waals surface area contributed by atoms with Crippen molar-refractivity contribution in [1.29, 1.82) is 5.41 Å². The first-order chi connectivity index (χ1) is 9.51. The number of nitrogens with two attached hydrogens (primary N) is 1. The molecule has 0 spiro atoms. The summed E-state index contributed by atoms with van der Waals surface area (Å²) in [6.07, 6.45) is 0.778. The smallest absolute Gasteiger partial charge is 0.148 e. The van der Waals surface area contributed by atoms with Crippen LogP contribution >= 0.6 is 15.9 Å². The second kappa shape index (κ2) is 6.05. The van der Waals surface area contributed by atoms with Crippen molar-refractivity contribution in [2.75, 3.05) is 0 Å². The Bertz CT molecular complexity index is 656. The molecule has 5 heteroatoms. The van der Waals surface area contributed by atoms with Crippen molar-refractivity contribution < 1.29 is 4.74 Å². The van der Waals surface area contributed by atoms with E-state index < -0.39 is 0 Å². The fraction of sp³-hybridized carbons (Fsp3) is 0.200. The quantitative estimate of drug-likeness (QED) is 0.660. The summed E-state index contributed by atoms with van der Waals surface area (Å²) in [4.78, 5) is 4.46. The van der Waals surface area contributed by atoms with Gasteiger partial charge in [-0.25, -0.2) is 0 Å². The Balaban J connectivity index is 2.44. The number of halogens is 1. The number of nitrogen functional groups attached to an aromatic ring is 1. The highest BCUT2D eigenvalue weighted by molar-refractivity contribution is 9.10. The van der Waals surface area contributed by atoms with Gasteiger partial charge in [0.2, 0.25) is 0 Å². The maximum absolute atomic E-state index is 7.61. The average molecular weight is 334 g/mol. The summed E-state index contributed by atoms with van der Waals surface area (Å²) in [6.45, 7) is 3.98. The average Bonchev–Trinajstić information content (AvgIpc) is 2.40. The first kappa shape index (κ1) is 14.5. The number of amidine groups is 1. The molecule has 0 aliphatic rings. The zero-order chi connectivity index (χ0) is 14.7. The van der Waals surface area contributed by atoms with E-state index in [0.29, 0.717) is 17.1 Å². The van der Waals surface area contributed by atoms with E-state index in [4.69, 9.17) is 15.9 Å². The second-order valence-electron chi connectivity index (χ2n) is 4.41. The number of nitrogens with one attached hydrogen (secondary N) is 1. The molecule has 0 aliphatic heterocycles. The van der Waals surface area contributed by atoms with Crippen molar-refractivity contribution in [2.24, 2.45) is 5.73 Å². The van der Waals surface area contributed by atoms with Gasteiger partial charge in [-0.3, -0.25) is 10.4 Å². The molecule has 3 N–H and O–H groups in total. The van der Waals surface area contributed by atoms with Gasteiger partial charge < -0.3 is 10.5 Å². The van der Waals surface area contributed by atoms with Crippen LogP contribution in [0.25, 0.3) is 0 Å². The third-order valence-electron chi connectivity index (χ3n) is 2.86. The molecule has 1 aromatic carbocycles. The van der Waals surface area contributed by atoms with E-state index in [0.717, 1.165) is 22.3 Å². The molecule has 0 atom stereocenters. The largest absolute Gasteiger partial charge is 0.455 e. The highest BCUT2D eigenvalue weighted by Gasteiger charge is 2.11. The lowest BCUT2D eigenvalue weighted by molar-refractivity contribution is 0.471. The van der Waals surface area contributed by atoms with Crippen molar-refractivity contribution in [1.82, 2.24) is 4.98 Å². The summed E-state index contributed by atoms with van der Waals surface area (Å²) in [5.74, 6) is 1.22. The summed E-state index contributed by atoms with van der Waals surface area (Å²) < 4.78 is 6.79. The SMILES string of the molecule is CCc1nc(C)ccc1Oc1cc(Br)ccc1C(=N)N. The number of hydrogen-bond donors (Lipinski definition) is 2. The Kier molecular flexibility index (Phi) is 4.39. The standard InChI is InChI=1S/C15H16BrN3O/c1-3-12-13(7-4-9(2)19-12)20-14-8-10(16)5-6-11(14)15(17)18/h4-8H,3H2,1-2H3,(H3,17,18). The van der Waals surface area contributed by atoms with Crippen molar-refractivity contribution in [3.63, 3.8) is 0 Å². The summed E-state index contributed by atoms with van der Waals surface area (Å²) in [6, 6.07) is 9.19. The Morgan fingerprint density at radius 1 is 1.30 bits per heavy atom. The first-order valence-electron chi connectivity index (χ1n) is 6.29. The highest BCUT2D eigenvalue weighted by atomic mass is 79.9. The Labute approximate surface area is 126 Å². The molecule has 2 rings (SSSR count). The monoisotopic (exact) mass is 333 g/mol. The Hall–Kier alpha value is -1.88. The molecule has 1 heterocycles. The van der Waals surface area contributed by atoms with Gasteiger partial charge in [0.25, 0.3) is 0 Å². The van der Waals surface area contributed by atoms with Crippen molar-refractivity contribution in [3.8, 4) is 11.5 Å². The van der Waals surface area contributed by atoms with E-state index in [1.165, 1.54) is 0 Å². The van der Waals surface area contributed by atoms with E-state index in [1.807, 2.05) is 32.0 Å². The molecular weight excluding hydrogens is 318 g/mol. The molecule has 0 fully saturated rings. The Morgan fingerprint density at radius 3 is 2.70 bits per heavy atom. The van der Waals surface area contributed by atoms with E-state index in [2.05, 4.69) is 20.9 Å². The van der Waals surface area contributed by atoms with E-state index in [-0.39, 0.29) is 5.84 Å². The maximum atomic E-state index is 7.61. The number of ether oxygens (including phenoxy) is 1. The molecular formula is C15H16BrN3O. The molecule has 2 aromatic rings. The van der Waals surface area contributed by atoms with Crippen LogP contribution in [0, 0.1) is 12.3 Å². The predicted octanol–water partition coefficient (Wildman–Crippen LogP) is 3.79. The van der Waals surface area contributed by atoms with Crippen LogP contribution in [-0.2, 0) is 6.42 Å². The first-order valence-corrected chi connectivity index (χ1v) is 7.09. The van der Waals surface area contributed by atoms with Gasteiger partial charge >= 0.3 is 0 Å². The molecule has 0 bridgehead atoms. The third kappa shape index (κ3) is 3.17. The fourth-order valence-corrected chi connectivity index (χ4v) is 2.21. The maximum Gasteiger partial charge on any atom is 0.148 e. The van der Waals surface area contributed by atoms with Gasteiger partial charge in [-0.05, 0) is 43.7 Å². The Morgan fingerprint density at radius 2 is 2.05 bits per heavy atom. The van der Waals surface area contributed by atoms with Gasteiger partial charge in [-0.2, -0.15) is 0 Å². The van der Waals surface area contributed by atoms with Gasteiger partial charge in [-0.1, -0.05) is 22.9 Å². The predicted molar refractivity (Wildman–Crippen MR) is 83.6 cm³/mol. The molecule has 0 amide bonds. The lowest BCUT2D eigenvalue weighted by Gasteiger charge is -2.13. The van der Waals surface area contributed by atoms with Crippen LogP contribution < -0.4 is 10.5 Å². The summed E-state index contributed by atoms with van der Waals surface area (Å²) in [7, 11) is 0. The van der Waals surface area contributed by atoms with E-state index >= 15 is 0 Å². The van der Waals surface area contributed by atoms with Crippen molar-refractivity contribution >= 4 is 21.8 Å². The van der Waals surface area contributed by atoms with Gasteiger partial charge in [-0.15, -0.1) is 0 Å². The van der Waals surface area contributed by atoms with Crippen LogP contribution in [-0.4, -0.2) is 10.8 Å². The summed E-state index contributed by atoms with van der Waals surface area (Å²) >= 11 is 3.40. The van der Waals surface area contributed by atoms with E-state index in [1.54, 1.807) is 12.1 Å². The topological polar surface area (TPSA) is 72.0 Å². The van der Waals surface area contributed by atoms with Gasteiger partial charge in [0, 0.05) is 10.2 Å². The summed E-state index contributed by atoms with van der Waals surface area (Å²) in [5.41, 5.74) is 7.99. The number of nitrogens with zero attached hydrogens (tertiary/aromatic N) is 1. The third-order valence-corrected chi connectivity index (χ3v) is 3.35. The minimum atomic E-state index is -0.0226. The molecule has 0 aliphatic carbocycles. The van der Waals surface area contributed by atoms with Crippen LogP contribution in [0.2, 0.25) is 0 Å². The zero-order valence-electron chi connectivity index (χ0n) is 11.4. The molecule has 20 heavy (non-hydrogen) atoms. The van der Waals surface area contributed by atoms with Gasteiger partial charge in [0.1, 0.15) is 17.3 Å². The van der Waals surface area contributed by atoms with Crippen LogP contribution in [0.4, 0.5) is 0 Å². The molecule has 0 saturated carbocycles. The molecule has 0 saturated heterocycles.